The van der Waals surface area contributed by atoms with Crippen LogP contribution in [0.5, 0.6) is 5.75 Å². The molecule has 0 fully saturated rings. The lowest BCUT2D eigenvalue weighted by molar-refractivity contribution is 0.102. The van der Waals surface area contributed by atoms with Crippen LogP contribution < -0.4 is 10.1 Å². The highest BCUT2D eigenvalue weighted by atomic mass is 32.1. The summed E-state index contributed by atoms with van der Waals surface area (Å²) in [5, 5.41) is 8.84. The number of anilines is 1. The minimum Gasteiger partial charge on any atom is -0.497 e. The third-order valence-corrected chi connectivity index (χ3v) is 3.83. The van der Waals surface area contributed by atoms with Crippen molar-refractivity contribution < 1.29 is 14.1 Å². The zero-order chi connectivity index (χ0) is 15.5. The highest BCUT2D eigenvalue weighted by molar-refractivity contribution is 7.13. The van der Waals surface area contributed by atoms with Crippen molar-refractivity contribution in [2.24, 2.45) is 0 Å². The molecule has 1 N–H and O–H groups in total. The summed E-state index contributed by atoms with van der Waals surface area (Å²) in [6.07, 6.45) is 0. The van der Waals surface area contributed by atoms with Gasteiger partial charge in [0.2, 0.25) is 0 Å². The number of aromatic nitrogens is 2. The van der Waals surface area contributed by atoms with Gasteiger partial charge in [-0.05, 0) is 31.2 Å². The molecule has 0 atom stereocenters. The van der Waals surface area contributed by atoms with E-state index in [2.05, 4.69) is 15.5 Å². The van der Waals surface area contributed by atoms with Crippen molar-refractivity contribution >= 4 is 23.1 Å². The van der Waals surface area contributed by atoms with Crippen molar-refractivity contribution in [3.63, 3.8) is 0 Å². The van der Waals surface area contributed by atoms with E-state index >= 15 is 0 Å². The molecule has 0 spiro atoms. The Balaban J connectivity index is 1.76. The highest BCUT2D eigenvalue weighted by Crippen LogP contribution is 2.26. The summed E-state index contributed by atoms with van der Waals surface area (Å²) in [4.78, 5) is 16.4. The third-order valence-electron chi connectivity index (χ3n) is 2.94. The van der Waals surface area contributed by atoms with Gasteiger partial charge in [-0.3, -0.25) is 4.79 Å². The van der Waals surface area contributed by atoms with E-state index in [1.165, 1.54) is 11.3 Å². The van der Waals surface area contributed by atoms with Crippen LogP contribution in [0, 0.1) is 6.92 Å². The maximum Gasteiger partial charge on any atom is 0.276 e. The van der Waals surface area contributed by atoms with E-state index < -0.39 is 0 Å². The second-order valence-electron chi connectivity index (χ2n) is 4.54. The number of hydrogen-bond donors (Lipinski definition) is 1. The zero-order valence-corrected chi connectivity index (χ0v) is 12.8. The molecule has 1 aromatic carbocycles. The summed E-state index contributed by atoms with van der Waals surface area (Å²) in [6, 6.07) is 9.17. The topological polar surface area (TPSA) is 77.2 Å². The van der Waals surface area contributed by atoms with Crippen LogP contribution in [-0.4, -0.2) is 23.2 Å². The van der Waals surface area contributed by atoms with Gasteiger partial charge < -0.3 is 14.6 Å². The average Bonchev–Trinajstić information content (AvgIpc) is 3.17. The van der Waals surface area contributed by atoms with Gasteiger partial charge >= 0.3 is 0 Å². The monoisotopic (exact) mass is 315 g/mol. The number of nitrogens with one attached hydrogen (secondary N) is 1. The van der Waals surface area contributed by atoms with Crippen molar-refractivity contribution in [3.8, 4) is 16.3 Å². The standard InChI is InChI=1S/C15H13N3O3S/c1-9-7-13(18-21-9)17-14(19)12-8-22-15(16-12)10-3-5-11(20-2)6-4-10/h3-8H,1-2H3,(H,17,18,19). The first-order chi connectivity index (χ1) is 10.7. The molecule has 0 saturated carbocycles. The number of methoxy groups -OCH3 is 1. The van der Waals surface area contributed by atoms with Crippen LogP contribution >= 0.6 is 11.3 Å². The fraction of sp³-hybridized carbons (Fsp3) is 0.133. The molecule has 1 amide bonds. The molecule has 3 aromatic rings. The molecule has 112 valence electrons. The lowest BCUT2D eigenvalue weighted by atomic mass is 10.2. The molecule has 0 radical (unpaired) electrons. The van der Waals surface area contributed by atoms with E-state index in [0.717, 1.165) is 16.3 Å². The summed E-state index contributed by atoms with van der Waals surface area (Å²) in [6.45, 7) is 1.76. The summed E-state index contributed by atoms with van der Waals surface area (Å²) in [5.74, 6) is 1.47. The largest absolute Gasteiger partial charge is 0.497 e. The Morgan fingerprint density at radius 1 is 1.32 bits per heavy atom. The van der Waals surface area contributed by atoms with Crippen LogP contribution in [0.2, 0.25) is 0 Å². The van der Waals surface area contributed by atoms with E-state index in [4.69, 9.17) is 9.26 Å². The van der Waals surface area contributed by atoms with Crippen LogP contribution in [0.15, 0.2) is 40.2 Å². The Bertz CT molecular complexity index is 792. The molecule has 22 heavy (non-hydrogen) atoms. The summed E-state index contributed by atoms with van der Waals surface area (Å²) in [5.41, 5.74) is 1.28. The van der Waals surface area contributed by atoms with Gasteiger partial charge in [-0.15, -0.1) is 11.3 Å². The molecule has 7 heteroatoms. The number of carbonyl (C=O) groups is 1. The van der Waals surface area contributed by atoms with Crippen LogP contribution in [0.25, 0.3) is 10.6 Å². The van der Waals surface area contributed by atoms with E-state index in [9.17, 15) is 4.79 Å². The third kappa shape index (κ3) is 2.99. The summed E-state index contributed by atoms with van der Waals surface area (Å²) < 4.78 is 10.0. The maximum absolute atomic E-state index is 12.1. The number of ether oxygens (including phenoxy) is 1. The van der Waals surface area contributed by atoms with Crippen LogP contribution in [0.3, 0.4) is 0 Å². The van der Waals surface area contributed by atoms with Gasteiger partial charge in [-0.1, -0.05) is 5.16 Å². The van der Waals surface area contributed by atoms with Crippen LogP contribution in [-0.2, 0) is 0 Å². The molecule has 6 nitrogen and oxygen atoms in total. The molecule has 2 aromatic heterocycles. The molecule has 0 aliphatic carbocycles. The van der Waals surface area contributed by atoms with Gasteiger partial charge in [-0.2, -0.15) is 0 Å². The molecular formula is C15H13N3O3S. The van der Waals surface area contributed by atoms with Crippen LogP contribution in [0.4, 0.5) is 5.82 Å². The summed E-state index contributed by atoms with van der Waals surface area (Å²) in [7, 11) is 1.62. The van der Waals surface area contributed by atoms with Crippen LogP contribution in [0.1, 0.15) is 16.2 Å². The number of amides is 1. The molecule has 0 aliphatic heterocycles. The van der Waals surface area contributed by atoms with Crippen molar-refractivity contribution in [1.82, 2.24) is 10.1 Å². The molecule has 2 heterocycles. The number of benzene rings is 1. The lowest BCUT2D eigenvalue weighted by Crippen LogP contribution is -2.12. The van der Waals surface area contributed by atoms with Gasteiger partial charge in [0.05, 0.1) is 7.11 Å². The zero-order valence-electron chi connectivity index (χ0n) is 12.0. The van der Waals surface area contributed by atoms with Gasteiger partial charge in [0.15, 0.2) is 5.82 Å². The summed E-state index contributed by atoms with van der Waals surface area (Å²) >= 11 is 1.40. The molecular weight excluding hydrogens is 302 g/mol. The molecule has 0 bridgehead atoms. The quantitative estimate of drug-likeness (QED) is 0.798. The number of aryl methyl sites for hydroxylation is 1. The Labute approximate surface area is 130 Å². The highest BCUT2D eigenvalue weighted by Gasteiger charge is 2.13. The Hall–Kier alpha value is -2.67. The number of carbonyl (C=O) groups excluding carboxylic acids is 1. The fourth-order valence-corrected chi connectivity index (χ4v) is 2.66. The molecule has 3 rings (SSSR count). The van der Waals surface area contributed by atoms with Crippen molar-refractivity contribution in [2.75, 3.05) is 12.4 Å². The number of nitrogens with zero attached hydrogens (tertiary/aromatic N) is 2. The van der Waals surface area contributed by atoms with E-state index in [1.807, 2.05) is 24.3 Å². The molecule has 0 unspecified atom stereocenters. The van der Waals surface area contributed by atoms with E-state index in [-0.39, 0.29) is 5.91 Å². The van der Waals surface area contributed by atoms with E-state index in [0.29, 0.717) is 17.3 Å². The van der Waals surface area contributed by atoms with Crippen molar-refractivity contribution in [2.45, 2.75) is 6.92 Å². The Morgan fingerprint density at radius 3 is 2.73 bits per heavy atom. The molecule has 0 saturated heterocycles. The first kappa shape index (κ1) is 14.3. The van der Waals surface area contributed by atoms with Gasteiger partial charge in [0.25, 0.3) is 5.91 Å². The first-order valence-electron chi connectivity index (χ1n) is 6.50. The molecule has 0 aliphatic rings. The van der Waals surface area contributed by atoms with E-state index in [1.54, 1.807) is 25.5 Å². The minimum atomic E-state index is -0.315. The van der Waals surface area contributed by atoms with Gasteiger partial charge in [0.1, 0.15) is 22.2 Å². The average molecular weight is 315 g/mol. The number of rotatable bonds is 4. The van der Waals surface area contributed by atoms with Gasteiger partial charge in [0, 0.05) is 17.0 Å². The lowest BCUT2D eigenvalue weighted by Gasteiger charge is -2.00. The van der Waals surface area contributed by atoms with Gasteiger partial charge in [-0.25, -0.2) is 4.98 Å². The smallest absolute Gasteiger partial charge is 0.276 e. The maximum atomic E-state index is 12.1. The fourth-order valence-electron chi connectivity index (χ4n) is 1.85. The van der Waals surface area contributed by atoms with Crippen molar-refractivity contribution in [1.29, 1.82) is 0 Å². The SMILES string of the molecule is COc1ccc(-c2nc(C(=O)Nc3cc(C)on3)cs2)cc1. The Morgan fingerprint density at radius 2 is 2.09 bits per heavy atom. The number of hydrogen-bond acceptors (Lipinski definition) is 6. The van der Waals surface area contributed by atoms with Crippen molar-refractivity contribution in [3.05, 3.63) is 47.2 Å². The predicted molar refractivity (Wildman–Crippen MR) is 83.3 cm³/mol. The Kier molecular flexibility index (Phi) is 3.88. The normalized spacial score (nSPS) is 10.5. The number of thiazole rings is 1. The second kappa shape index (κ2) is 5.98. The predicted octanol–water partition coefficient (Wildman–Crippen LogP) is 3.37. The first-order valence-corrected chi connectivity index (χ1v) is 7.38. The minimum absolute atomic E-state index is 0.315. The second-order valence-corrected chi connectivity index (χ2v) is 5.40.